The molecule has 1 aromatic rings. The van der Waals surface area contributed by atoms with Crippen molar-refractivity contribution in [2.45, 2.75) is 97.4 Å². The first-order valence-electron chi connectivity index (χ1n) is 12.6. The Bertz CT molecular complexity index is 864. The van der Waals surface area contributed by atoms with Gasteiger partial charge in [0.15, 0.2) is 0 Å². The highest BCUT2D eigenvalue weighted by Crippen LogP contribution is 2.31. The predicted molar refractivity (Wildman–Crippen MR) is 146 cm³/mol. The topological polar surface area (TPSA) is 108 Å². The second-order valence-electron chi connectivity index (χ2n) is 10.9. The minimum absolute atomic E-state index is 0.0689. The van der Waals surface area contributed by atoms with E-state index in [1.807, 2.05) is 27.0 Å². The van der Waals surface area contributed by atoms with Crippen molar-refractivity contribution in [3.05, 3.63) is 29.8 Å². The molecule has 0 aliphatic heterocycles. The van der Waals surface area contributed by atoms with Gasteiger partial charge in [-0.3, -0.25) is 9.59 Å². The Morgan fingerprint density at radius 2 is 1.72 bits per heavy atom. The number of carbonyl (C=O) groups is 3. The van der Waals surface area contributed by atoms with Gasteiger partial charge in [-0.15, -0.1) is 0 Å². The number of benzene rings is 1. The molecule has 36 heavy (non-hydrogen) atoms. The van der Waals surface area contributed by atoms with Gasteiger partial charge in [0.2, 0.25) is 11.8 Å². The molecule has 0 saturated carbocycles. The van der Waals surface area contributed by atoms with Crippen LogP contribution in [0.3, 0.4) is 0 Å². The number of thioether (sulfide) groups is 1. The molecule has 0 spiro atoms. The Kier molecular flexibility index (Phi) is 12.6. The van der Waals surface area contributed by atoms with Crippen LogP contribution < -0.4 is 10.6 Å². The molecule has 8 nitrogen and oxygen atoms in total. The lowest BCUT2D eigenvalue weighted by Crippen LogP contribution is -2.55. The van der Waals surface area contributed by atoms with E-state index < -0.39 is 35.2 Å². The second kappa shape index (κ2) is 14.4. The summed E-state index contributed by atoms with van der Waals surface area (Å²) < 4.78 is 5.41. The summed E-state index contributed by atoms with van der Waals surface area (Å²) in [6, 6.07) is 4.61. The van der Waals surface area contributed by atoms with Crippen LogP contribution >= 0.6 is 11.8 Å². The number of nitrogens with zero attached hydrogens (tertiary/aromatic N) is 1. The molecule has 0 bridgehead atoms. The number of amides is 3. The maximum atomic E-state index is 14.0. The van der Waals surface area contributed by atoms with Crippen molar-refractivity contribution >= 4 is 29.7 Å². The van der Waals surface area contributed by atoms with E-state index in [0.717, 1.165) is 12.8 Å². The average Bonchev–Trinajstić information content (AvgIpc) is 2.74. The molecule has 2 atom stereocenters. The fourth-order valence-electron chi connectivity index (χ4n) is 3.65. The van der Waals surface area contributed by atoms with Crippen LogP contribution in [0.1, 0.15) is 85.8 Å². The molecule has 0 saturated heterocycles. The van der Waals surface area contributed by atoms with Crippen LogP contribution in [0.2, 0.25) is 0 Å². The lowest BCUT2D eigenvalue weighted by molar-refractivity contribution is -0.143. The smallest absolute Gasteiger partial charge is 0.408 e. The van der Waals surface area contributed by atoms with Crippen molar-refractivity contribution in [3.63, 3.8) is 0 Å². The van der Waals surface area contributed by atoms with Crippen LogP contribution in [-0.2, 0) is 14.3 Å². The van der Waals surface area contributed by atoms with Crippen molar-refractivity contribution < 1.29 is 24.2 Å². The number of phenols is 1. The van der Waals surface area contributed by atoms with Crippen LogP contribution in [0.4, 0.5) is 4.79 Å². The average molecular weight is 524 g/mol. The molecular weight excluding hydrogens is 478 g/mol. The SMILES string of the molecule is CCCCCN(C(=O)C(CCSC)NC(=O)OC(C)(C)C)C(C(=O)NC(C)(C)C)c1ccccc1O. The minimum Gasteiger partial charge on any atom is -0.508 e. The third-order valence-corrected chi connectivity index (χ3v) is 5.82. The van der Waals surface area contributed by atoms with Crippen LogP contribution in [0, 0.1) is 0 Å². The molecule has 9 heteroatoms. The number of unbranched alkanes of at least 4 members (excludes halogenated alkanes) is 2. The molecule has 1 rings (SSSR count). The summed E-state index contributed by atoms with van der Waals surface area (Å²) in [6.45, 7) is 13.2. The maximum absolute atomic E-state index is 14.0. The fourth-order valence-corrected chi connectivity index (χ4v) is 4.12. The van der Waals surface area contributed by atoms with Crippen molar-refractivity contribution in [1.82, 2.24) is 15.5 Å². The lowest BCUT2D eigenvalue weighted by atomic mass is 9.99. The Morgan fingerprint density at radius 3 is 2.25 bits per heavy atom. The first-order valence-corrected chi connectivity index (χ1v) is 14.0. The Balaban J connectivity index is 3.50. The van der Waals surface area contributed by atoms with Crippen molar-refractivity contribution in [3.8, 4) is 5.75 Å². The summed E-state index contributed by atoms with van der Waals surface area (Å²) in [5.41, 5.74) is -0.932. The zero-order valence-corrected chi connectivity index (χ0v) is 24.0. The number of hydrogen-bond donors (Lipinski definition) is 3. The van der Waals surface area contributed by atoms with Crippen molar-refractivity contribution in [2.24, 2.45) is 0 Å². The number of alkyl carbamates (subject to hydrolysis) is 1. The van der Waals surface area contributed by atoms with E-state index in [1.54, 1.807) is 50.7 Å². The molecule has 3 N–H and O–H groups in total. The normalized spacial score (nSPS) is 13.4. The van der Waals surface area contributed by atoms with Gasteiger partial charge in [0.25, 0.3) is 0 Å². The van der Waals surface area contributed by atoms with Gasteiger partial charge in [-0.2, -0.15) is 11.8 Å². The van der Waals surface area contributed by atoms with Gasteiger partial charge in [-0.25, -0.2) is 4.79 Å². The van der Waals surface area contributed by atoms with Gasteiger partial charge in [-0.05, 0) is 72.5 Å². The Hall–Kier alpha value is -2.42. The Morgan fingerprint density at radius 1 is 1.08 bits per heavy atom. The molecule has 204 valence electrons. The van der Waals surface area contributed by atoms with E-state index in [-0.39, 0.29) is 11.7 Å². The largest absolute Gasteiger partial charge is 0.508 e. The quantitative estimate of drug-likeness (QED) is 0.332. The highest BCUT2D eigenvalue weighted by Gasteiger charge is 2.38. The molecule has 0 heterocycles. The van der Waals surface area contributed by atoms with Gasteiger partial charge in [0.05, 0.1) is 0 Å². The summed E-state index contributed by atoms with van der Waals surface area (Å²) in [5, 5.41) is 16.4. The van der Waals surface area contributed by atoms with E-state index in [9.17, 15) is 19.5 Å². The first kappa shape index (κ1) is 31.6. The number of carbonyl (C=O) groups excluding carboxylic acids is 3. The highest BCUT2D eigenvalue weighted by atomic mass is 32.2. The summed E-state index contributed by atoms with van der Waals surface area (Å²) in [7, 11) is 0. The van der Waals surface area contributed by atoms with E-state index in [0.29, 0.717) is 30.7 Å². The fraction of sp³-hybridized carbons (Fsp3) is 0.667. The zero-order valence-electron chi connectivity index (χ0n) is 23.1. The molecule has 0 aromatic heterocycles. The van der Waals surface area contributed by atoms with E-state index in [4.69, 9.17) is 4.74 Å². The minimum atomic E-state index is -1.06. The molecule has 0 aliphatic rings. The van der Waals surface area contributed by atoms with Gasteiger partial charge >= 0.3 is 6.09 Å². The zero-order chi connectivity index (χ0) is 27.5. The van der Waals surface area contributed by atoms with Gasteiger partial charge in [0.1, 0.15) is 23.4 Å². The number of ether oxygens (including phenoxy) is 1. The number of rotatable bonds is 12. The summed E-state index contributed by atoms with van der Waals surface area (Å²) in [5.74, 6) is -0.219. The molecule has 2 unspecified atom stereocenters. The van der Waals surface area contributed by atoms with Crippen LogP contribution in [0.15, 0.2) is 24.3 Å². The number of nitrogens with one attached hydrogen (secondary N) is 2. The van der Waals surface area contributed by atoms with Gasteiger partial charge < -0.3 is 25.4 Å². The first-order chi connectivity index (χ1) is 16.7. The van der Waals surface area contributed by atoms with E-state index in [2.05, 4.69) is 17.6 Å². The monoisotopic (exact) mass is 523 g/mol. The van der Waals surface area contributed by atoms with E-state index in [1.165, 1.54) is 11.0 Å². The molecule has 3 amide bonds. The molecule has 0 fully saturated rings. The summed E-state index contributed by atoms with van der Waals surface area (Å²) in [4.78, 5) is 41.7. The van der Waals surface area contributed by atoms with Crippen LogP contribution in [0.25, 0.3) is 0 Å². The third-order valence-electron chi connectivity index (χ3n) is 5.17. The number of para-hydroxylation sites is 1. The molecular formula is C27H45N3O5S. The standard InChI is InChI=1S/C27H45N3O5S/c1-9-10-13-17-30(24(33)20(16-18-36-8)28-25(34)35-27(5,6)7)22(23(32)29-26(2,3)4)19-14-11-12-15-21(19)31/h11-12,14-15,20,22,31H,9-10,13,16-18H2,1-8H3,(H,28,34)(H,29,32). The van der Waals surface area contributed by atoms with E-state index >= 15 is 0 Å². The molecule has 1 aromatic carbocycles. The van der Waals surface area contributed by atoms with Gasteiger partial charge in [0, 0.05) is 17.6 Å². The maximum Gasteiger partial charge on any atom is 0.408 e. The molecule has 0 aliphatic carbocycles. The number of hydrogen-bond acceptors (Lipinski definition) is 6. The number of aromatic hydroxyl groups is 1. The van der Waals surface area contributed by atoms with Crippen LogP contribution in [-0.4, -0.2) is 63.6 Å². The molecule has 0 radical (unpaired) electrons. The second-order valence-corrected chi connectivity index (χ2v) is 11.9. The predicted octanol–water partition coefficient (Wildman–Crippen LogP) is 5.01. The van der Waals surface area contributed by atoms with Crippen molar-refractivity contribution in [1.29, 1.82) is 0 Å². The third kappa shape index (κ3) is 11.1. The Labute approximate surface area is 220 Å². The van der Waals surface area contributed by atoms with Gasteiger partial charge in [-0.1, -0.05) is 38.0 Å². The van der Waals surface area contributed by atoms with Crippen LogP contribution in [0.5, 0.6) is 5.75 Å². The highest BCUT2D eigenvalue weighted by molar-refractivity contribution is 7.98. The summed E-state index contributed by atoms with van der Waals surface area (Å²) in [6.07, 6.45) is 4.09. The number of phenolic OH excluding ortho intramolecular Hbond substituents is 1. The summed E-state index contributed by atoms with van der Waals surface area (Å²) >= 11 is 1.56. The van der Waals surface area contributed by atoms with Crippen molar-refractivity contribution in [2.75, 3.05) is 18.6 Å². The lowest BCUT2D eigenvalue weighted by Gasteiger charge is -2.36.